The zero-order chi connectivity index (χ0) is 19.8. The van der Waals surface area contributed by atoms with Crippen LogP contribution in [0.3, 0.4) is 0 Å². The van der Waals surface area contributed by atoms with Gasteiger partial charge in [0.15, 0.2) is 5.65 Å². The summed E-state index contributed by atoms with van der Waals surface area (Å²) in [6.45, 7) is 5.68. The summed E-state index contributed by atoms with van der Waals surface area (Å²) in [6.07, 6.45) is 4.05. The van der Waals surface area contributed by atoms with Crippen molar-refractivity contribution in [2.45, 2.75) is 57.1 Å². The van der Waals surface area contributed by atoms with Crippen LogP contribution in [-0.2, 0) is 26.1 Å². The minimum absolute atomic E-state index is 0.0108. The van der Waals surface area contributed by atoms with Gasteiger partial charge in [-0.3, -0.25) is 4.79 Å². The van der Waals surface area contributed by atoms with Gasteiger partial charge in [0.2, 0.25) is 10.0 Å². The van der Waals surface area contributed by atoms with Gasteiger partial charge < -0.3 is 4.74 Å². The Bertz CT molecular complexity index is 1010. The van der Waals surface area contributed by atoms with E-state index in [1.807, 2.05) is 0 Å². The van der Waals surface area contributed by atoms with Gasteiger partial charge in [0.25, 0.3) is 0 Å². The summed E-state index contributed by atoms with van der Waals surface area (Å²) in [5.41, 5.74) is -1.27. The second-order valence-electron chi connectivity index (χ2n) is 7.56. The van der Waals surface area contributed by atoms with E-state index < -0.39 is 27.3 Å². The molecule has 0 spiro atoms. The fourth-order valence-electron chi connectivity index (χ4n) is 3.06. The summed E-state index contributed by atoms with van der Waals surface area (Å²) in [7, 11) is -3.77. The number of aromatic nitrogens is 3. The van der Waals surface area contributed by atoms with E-state index in [9.17, 15) is 18.0 Å². The first-order valence-electron chi connectivity index (χ1n) is 8.90. The lowest BCUT2D eigenvalue weighted by Gasteiger charge is -2.25. The number of hydrogen-bond acceptors (Lipinski definition) is 6. The fraction of sp³-hybridized carbons (Fsp3) is 0.588. The number of nitrogens with zero attached hydrogens (tertiary/aromatic N) is 4. The van der Waals surface area contributed by atoms with Crippen LogP contribution >= 0.6 is 0 Å². The number of pyridine rings is 1. The molecular weight excluding hydrogens is 372 g/mol. The molecule has 0 aromatic carbocycles. The van der Waals surface area contributed by atoms with Gasteiger partial charge in [0, 0.05) is 19.3 Å². The molecule has 0 saturated carbocycles. The molecule has 148 valence electrons. The van der Waals surface area contributed by atoms with Gasteiger partial charge >= 0.3 is 11.7 Å². The van der Waals surface area contributed by atoms with Crippen molar-refractivity contribution >= 4 is 21.6 Å². The van der Waals surface area contributed by atoms with E-state index >= 15 is 0 Å². The molecule has 27 heavy (non-hydrogen) atoms. The molecule has 3 heterocycles. The Balaban J connectivity index is 2.00. The summed E-state index contributed by atoms with van der Waals surface area (Å²) in [4.78, 5) is 24.5. The number of sulfonamides is 1. The van der Waals surface area contributed by atoms with Crippen LogP contribution in [-0.4, -0.2) is 51.6 Å². The first-order chi connectivity index (χ1) is 12.6. The third-order valence-electron chi connectivity index (χ3n) is 4.21. The van der Waals surface area contributed by atoms with Crippen molar-refractivity contribution in [3.8, 4) is 0 Å². The highest BCUT2D eigenvalue weighted by atomic mass is 32.2. The molecule has 0 bridgehead atoms. The first kappa shape index (κ1) is 19.6. The van der Waals surface area contributed by atoms with Gasteiger partial charge in [-0.25, -0.2) is 22.3 Å². The average molecular weight is 396 g/mol. The lowest BCUT2D eigenvalue weighted by atomic mass is 10.2. The van der Waals surface area contributed by atoms with Crippen LogP contribution in [0, 0.1) is 0 Å². The lowest BCUT2D eigenvalue weighted by molar-refractivity contribution is -0.155. The molecule has 10 heteroatoms. The third-order valence-corrected chi connectivity index (χ3v) is 6.12. The highest BCUT2D eigenvalue weighted by molar-refractivity contribution is 7.89. The maximum atomic E-state index is 13.0. The molecule has 2 aromatic heterocycles. The quantitative estimate of drug-likeness (QED) is 0.715. The summed E-state index contributed by atoms with van der Waals surface area (Å²) < 4.78 is 34.7. The molecule has 0 atom stereocenters. The monoisotopic (exact) mass is 396 g/mol. The fourth-order valence-corrected chi connectivity index (χ4v) is 4.70. The summed E-state index contributed by atoms with van der Waals surface area (Å²) in [5.74, 6) is -0.617. The van der Waals surface area contributed by atoms with Crippen LogP contribution < -0.4 is 5.69 Å². The molecule has 0 radical (unpaired) electrons. The van der Waals surface area contributed by atoms with Gasteiger partial charge in [0.1, 0.15) is 17.0 Å². The van der Waals surface area contributed by atoms with Crippen molar-refractivity contribution in [1.29, 1.82) is 0 Å². The minimum Gasteiger partial charge on any atom is -0.459 e. The van der Waals surface area contributed by atoms with Crippen molar-refractivity contribution in [1.82, 2.24) is 18.5 Å². The molecule has 3 rings (SSSR count). The Hall–Kier alpha value is -2.20. The number of hydrogen-bond donors (Lipinski definition) is 0. The summed E-state index contributed by atoms with van der Waals surface area (Å²) in [5, 5.41) is 4.10. The topological polar surface area (TPSA) is 103 Å². The van der Waals surface area contributed by atoms with E-state index in [1.165, 1.54) is 22.6 Å². The third kappa shape index (κ3) is 4.06. The Morgan fingerprint density at radius 1 is 1.22 bits per heavy atom. The summed E-state index contributed by atoms with van der Waals surface area (Å²) >= 11 is 0. The zero-order valence-electron chi connectivity index (χ0n) is 15.7. The SMILES string of the molecule is CC(C)(C)OC(=O)Cn1nc2c(S(=O)(=O)N3CCCCC3)cccn2c1=O. The predicted octanol–water partition coefficient (Wildman–Crippen LogP) is 1.01. The van der Waals surface area contributed by atoms with Gasteiger partial charge in [-0.2, -0.15) is 4.31 Å². The normalized spacial score (nSPS) is 16.6. The number of rotatable bonds is 4. The lowest BCUT2D eigenvalue weighted by Crippen LogP contribution is -2.35. The summed E-state index contributed by atoms with van der Waals surface area (Å²) in [6, 6.07) is 2.92. The maximum Gasteiger partial charge on any atom is 0.350 e. The van der Waals surface area contributed by atoms with Crippen molar-refractivity contribution < 1.29 is 17.9 Å². The number of esters is 1. The molecule has 1 aliphatic heterocycles. The molecule has 9 nitrogen and oxygen atoms in total. The highest BCUT2D eigenvalue weighted by Crippen LogP contribution is 2.22. The maximum absolute atomic E-state index is 13.0. The predicted molar refractivity (Wildman–Crippen MR) is 97.9 cm³/mol. The number of carbonyl (C=O) groups is 1. The Kier molecular flexibility index (Phi) is 5.13. The molecule has 2 aromatic rings. The van der Waals surface area contributed by atoms with Crippen molar-refractivity contribution in [2.75, 3.05) is 13.1 Å². The zero-order valence-corrected chi connectivity index (χ0v) is 16.5. The van der Waals surface area contributed by atoms with Crippen LogP contribution in [0.5, 0.6) is 0 Å². The van der Waals surface area contributed by atoms with Crippen molar-refractivity contribution in [3.05, 3.63) is 28.8 Å². The molecule has 0 N–H and O–H groups in total. The first-order valence-corrected chi connectivity index (χ1v) is 10.3. The number of piperidine rings is 1. The van der Waals surface area contributed by atoms with E-state index in [0.717, 1.165) is 28.3 Å². The van der Waals surface area contributed by atoms with Crippen LogP contribution in [0.4, 0.5) is 0 Å². The van der Waals surface area contributed by atoms with Crippen LogP contribution in [0.15, 0.2) is 28.0 Å². The molecular formula is C17H24N4O5S. The van der Waals surface area contributed by atoms with E-state index in [1.54, 1.807) is 20.8 Å². The standard InChI is InChI=1S/C17H24N4O5S/c1-17(2,3)26-14(22)12-21-16(23)20-11-7-8-13(15(20)18-21)27(24,25)19-9-5-4-6-10-19/h7-8,11H,4-6,9-10,12H2,1-3H3. The van der Waals surface area contributed by atoms with Crippen molar-refractivity contribution in [3.63, 3.8) is 0 Å². The molecule has 1 aliphatic rings. The van der Waals surface area contributed by atoms with Gasteiger partial charge in [0.05, 0.1) is 0 Å². The van der Waals surface area contributed by atoms with E-state index in [4.69, 9.17) is 4.74 Å². The Morgan fingerprint density at radius 2 is 1.89 bits per heavy atom. The second-order valence-corrected chi connectivity index (χ2v) is 9.46. The Labute approximate surface area is 157 Å². The molecule has 0 unspecified atom stereocenters. The number of fused-ring (bicyclic) bond motifs is 1. The number of ether oxygens (including phenoxy) is 1. The van der Waals surface area contributed by atoms with E-state index in [2.05, 4.69) is 5.10 Å². The molecule has 1 fully saturated rings. The van der Waals surface area contributed by atoms with Crippen LogP contribution in [0.1, 0.15) is 40.0 Å². The van der Waals surface area contributed by atoms with Gasteiger partial charge in [-0.15, -0.1) is 5.10 Å². The van der Waals surface area contributed by atoms with Crippen LogP contribution in [0.25, 0.3) is 5.65 Å². The van der Waals surface area contributed by atoms with Gasteiger partial charge in [-0.05, 0) is 45.7 Å². The highest BCUT2D eigenvalue weighted by Gasteiger charge is 2.29. The number of carbonyl (C=O) groups excluding carboxylic acids is 1. The van der Waals surface area contributed by atoms with Crippen LogP contribution in [0.2, 0.25) is 0 Å². The van der Waals surface area contributed by atoms with E-state index in [0.29, 0.717) is 13.1 Å². The van der Waals surface area contributed by atoms with E-state index in [-0.39, 0.29) is 17.1 Å². The second kappa shape index (κ2) is 7.08. The molecule has 0 amide bonds. The van der Waals surface area contributed by atoms with Crippen molar-refractivity contribution in [2.24, 2.45) is 0 Å². The largest absolute Gasteiger partial charge is 0.459 e. The molecule has 1 saturated heterocycles. The smallest absolute Gasteiger partial charge is 0.350 e. The Morgan fingerprint density at radius 3 is 2.52 bits per heavy atom. The molecule has 0 aliphatic carbocycles. The average Bonchev–Trinajstić information content (AvgIpc) is 2.90. The van der Waals surface area contributed by atoms with Gasteiger partial charge in [-0.1, -0.05) is 6.42 Å². The minimum atomic E-state index is -3.77.